The first-order valence-corrected chi connectivity index (χ1v) is 7.28. The largest absolute Gasteiger partial charge is 0.481 e. The molecule has 21 heavy (non-hydrogen) atoms. The minimum Gasteiger partial charge on any atom is -0.481 e. The Bertz CT molecular complexity index is 521. The van der Waals surface area contributed by atoms with Crippen molar-refractivity contribution >= 4 is 11.9 Å². The molecule has 0 saturated heterocycles. The number of aryl methyl sites for hydroxylation is 2. The summed E-state index contributed by atoms with van der Waals surface area (Å²) in [6, 6.07) is 5.76. The molecule has 0 atom stereocenters. The summed E-state index contributed by atoms with van der Waals surface area (Å²) in [6.45, 7) is 8.54. The third-order valence-corrected chi connectivity index (χ3v) is 3.73. The topological polar surface area (TPSA) is 66.4 Å². The van der Waals surface area contributed by atoms with Crippen molar-refractivity contribution in [2.45, 2.75) is 47.0 Å². The van der Waals surface area contributed by atoms with Gasteiger partial charge >= 0.3 is 5.97 Å². The molecule has 0 bridgehead atoms. The molecule has 116 valence electrons. The first-order valence-electron chi connectivity index (χ1n) is 7.28. The van der Waals surface area contributed by atoms with Crippen LogP contribution in [-0.4, -0.2) is 23.5 Å². The Balaban J connectivity index is 2.48. The van der Waals surface area contributed by atoms with Gasteiger partial charge in [-0.3, -0.25) is 9.59 Å². The van der Waals surface area contributed by atoms with Gasteiger partial charge in [0, 0.05) is 18.5 Å². The molecule has 0 aliphatic rings. The predicted octanol–water partition coefficient (Wildman–Crippen LogP) is 3.31. The summed E-state index contributed by atoms with van der Waals surface area (Å²) < 4.78 is 0. The standard InChI is InChI=1S/C17H25NO3/c1-12-5-6-14(13(2)11-12)16(21)18-10-9-17(3,4)8-7-15(19)20/h5-6,11H,7-10H2,1-4H3,(H,18,21)(H,19,20). The molecule has 1 aromatic carbocycles. The monoisotopic (exact) mass is 291 g/mol. The molecule has 0 radical (unpaired) electrons. The van der Waals surface area contributed by atoms with Gasteiger partial charge in [-0.15, -0.1) is 0 Å². The number of carboxylic acid groups (broad SMARTS) is 1. The van der Waals surface area contributed by atoms with Gasteiger partial charge < -0.3 is 10.4 Å². The molecule has 4 heteroatoms. The average molecular weight is 291 g/mol. The molecule has 1 rings (SSSR count). The lowest BCUT2D eigenvalue weighted by Gasteiger charge is -2.23. The molecular formula is C17H25NO3. The van der Waals surface area contributed by atoms with Gasteiger partial charge in [0.05, 0.1) is 0 Å². The highest BCUT2D eigenvalue weighted by Crippen LogP contribution is 2.26. The van der Waals surface area contributed by atoms with Gasteiger partial charge in [-0.05, 0) is 43.7 Å². The second kappa shape index (κ2) is 7.25. The van der Waals surface area contributed by atoms with Gasteiger partial charge in [0.2, 0.25) is 0 Å². The van der Waals surface area contributed by atoms with Crippen LogP contribution in [0.1, 0.15) is 54.6 Å². The van der Waals surface area contributed by atoms with E-state index in [1.165, 1.54) is 0 Å². The number of benzene rings is 1. The SMILES string of the molecule is Cc1ccc(C(=O)NCCC(C)(C)CCC(=O)O)c(C)c1. The van der Waals surface area contributed by atoms with Crippen LogP contribution in [0.5, 0.6) is 0 Å². The molecule has 0 aromatic heterocycles. The van der Waals surface area contributed by atoms with E-state index in [1.807, 2.05) is 45.9 Å². The number of amides is 1. The van der Waals surface area contributed by atoms with Crippen LogP contribution < -0.4 is 5.32 Å². The van der Waals surface area contributed by atoms with Crippen molar-refractivity contribution in [1.29, 1.82) is 0 Å². The van der Waals surface area contributed by atoms with E-state index in [2.05, 4.69) is 5.32 Å². The van der Waals surface area contributed by atoms with Crippen molar-refractivity contribution in [3.8, 4) is 0 Å². The molecule has 1 aromatic rings. The van der Waals surface area contributed by atoms with E-state index in [4.69, 9.17) is 5.11 Å². The second-order valence-electron chi connectivity index (χ2n) is 6.38. The Labute approximate surface area is 126 Å². The summed E-state index contributed by atoms with van der Waals surface area (Å²) in [5.41, 5.74) is 2.72. The number of rotatable bonds is 7. The van der Waals surface area contributed by atoms with Crippen LogP contribution in [0.4, 0.5) is 0 Å². The number of carbonyl (C=O) groups is 2. The molecule has 0 unspecified atom stereocenters. The quantitative estimate of drug-likeness (QED) is 0.810. The molecule has 0 aliphatic heterocycles. The van der Waals surface area contributed by atoms with Crippen LogP contribution in [-0.2, 0) is 4.79 Å². The Morgan fingerprint density at radius 1 is 1.19 bits per heavy atom. The van der Waals surface area contributed by atoms with Crippen molar-refractivity contribution < 1.29 is 14.7 Å². The highest BCUT2D eigenvalue weighted by molar-refractivity contribution is 5.95. The summed E-state index contributed by atoms with van der Waals surface area (Å²) in [7, 11) is 0. The number of carboxylic acids is 1. The van der Waals surface area contributed by atoms with Crippen LogP contribution in [0.25, 0.3) is 0 Å². The normalized spacial score (nSPS) is 11.2. The molecular weight excluding hydrogens is 266 g/mol. The highest BCUT2D eigenvalue weighted by atomic mass is 16.4. The maximum absolute atomic E-state index is 12.1. The maximum atomic E-state index is 12.1. The van der Waals surface area contributed by atoms with E-state index in [0.29, 0.717) is 18.5 Å². The van der Waals surface area contributed by atoms with E-state index in [1.54, 1.807) is 0 Å². The van der Waals surface area contributed by atoms with Crippen LogP contribution in [0.3, 0.4) is 0 Å². The van der Waals surface area contributed by atoms with Gasteiger partial charge in [-0.25, -0.2) is 0 Å². The molecule has 0 aliphatic carbocycles. The van der Waals surface area contributed by atoms with Crippen molar-refractivity contribution in [1.82, 2.24) is 5.32 Å². The Hall–Kier alpha value is -1.84. The summed E-state index contributed by atoms with van der Waals surface area (Å²) in [5, 5.41) is 11.6. The summed E-state index contributed by atoms with van der Waals surface area (Å²) in [5.74, 6) is -0.844. The Kier molecular flexibility index (Phi) is 5.94. The number of nitrogens with one attached hydrogen (secondary N) is 1. The lowest BCUT2D eigenvalue weighted by molar-refractivity contribution is -0.137. The zero-order chi connectivity index (χ0) is 16.0. The molecule has 2 N–H and O–H groups in total. The first kappa shape index (κ1) is 17.2. The molecule has 0 fully saturated rings. The molecule has 0 saturated carbocycles. The summed E-state index contributed by atoms with van der Waals surface area (Å²) in [6.07, 6.45) is 1.54. The second-order valence-corrected chi connectivity index (χ2v) is 6.38. The molecule has 0 spiro atoms. The lowest BCUT2D eigenvalue weighted by Crippen LogP contribution is -2.29. The minimum absolute atomic E-state index is 0.0680. The van der Waals surface area contributed by atoms with Gasteiger partial charge in [0.1, 0.15) is 0 Å². The number of hydrogen-bond acceptors (Lipinski definition) is 2. The first-order chi connectivity index (χ1) is 9.71. The Morgan fingerprint density at radius 2 is 1.86 bits per heavy atom. The zero-order valence-electron chi connectivity index (χ0n) is 13.3. The fraction of sp³-hybridized carbons (Fsp3) is 0.529. The third kappa shape index (κ3) is 5.98. The summed E-state index contributed by atoms with van der Waals surface area (Å²) >= 11 is 0. The minimum atomic E-state index is -0.776. The molecule has 1 amide bonds. The lowest BCUT2D eigenvalue weighted by atomic mass is 9.84. The van der Waals surface area contributed by atoms with Crippen molar-refractivity contribution in [3.05, 3.63) is 34.9 Å². The average Bonchev–Trinajstić information content (AvgIpc) is 2.36. The van der Waals surface area contributed by atoms with Gasteiger partial charge in [-0.1, -0.05) is 31.5 Å². The fourth-order valence-electron chi connectivity index (χ4n) is 2.25. The van der Waals surface area contributed by atoms with E-state index in [0.717, 1.165) is 17.5 Å². The van der Waals surface area contributed by atoms with Crippen LogP contribution in [0.15, 0.2) is 18.2 Å². The van der Waals surface area contributed by atoms with E-state index in [9.17, 15) is 9.59 Å². The number of carbonyl (C=O) groups excluding carboxylic acids is 1. The van der Waals surface area contributed by atoms with E-state index < -0.39 is 5.97 Å². The van der Waals surface area contributed by atoms with Gasteiger partial charge in [0.25, 0.3) is 5.91 Å². The van der Waals surface area contributed by atoms with E-state index in [-0.39, 0.29) is 17.7 Å². The summed E-state index contributed by atoms with van der Waals surface area (Å²) in [4.78, 5) is 22.7. The predicted molar refractivity (Wildman–Crippen MR) is 83.5 cm³/mol. The smallest absolute Gasteiger partial charge is 0.303 e. The van der Waals surface area contributed by atoms with Gasteiger partial charge in [0.15, 0.2) is 0 Å². The van der Waals surface area contributed by atoms with Gasteiger partial charge in [-0.2, -0.15) is 0 Å². The maximum Gasteiger partial charge on any atom is 0.303 e. The van der Waals surface area contributed by atoms with Crippen LogP contribution in [0.2, 0.25) is 0 Å². The van der Waals surface area contributed by atoms with E-state index >= 15 is 0 Å². The Morgan fingerprint density at radius 3 is 2.43 bits per heavy atom. The third-order valence-electron chi connectivity index (χ3n) is 3.73. The molecule has 4 nitrogen and oxygen atoms in total. The highest BCUT2D eigenvalue weighted by Gasteiger charge is 2.19. The van der Waals surface area contributed by atoms with Crippen molar-refractivity contribution in [2.75, 3.05) is 6.54 Å². The molecule has 0 heterocycles. The number of hydrogen-bond donors (Lipinski definition) is 2. The van der Waals surface area contributed by atoms with Crippen LogP contribution in [0, 0.1) is 19.3 Å². The zero-order valence-corrected chi connectivity index (χ0v) is 13.3. The number of aliphatic carboxylic acids is 1. The van der Waals surface area contributed by atoms with Crippen LogP contribution >= 0.6 is 0 Å². The fourth-order valence-corrected chi connectivity index (χ4v) is 2.25. The van der Waals surface area contributed by atoms with Crippen molar-refractivity contribution in [2.24, 2.45) is 5.41 Å². The van der Waals surface area contributed by atoms with Crippen molar-refractivity contribution in [3.63, 3.8) is 0 Å².